The van der Waals surface area contributed by atoms with Crippen LogP contribution in [0.5, 0.6) is 0 Å². The van der Waals surface area contributed by atoms with Crippen molar-refractivity contribution in [3.05, 3.63) is 211 Å². The van der Waals surface area contributed by atoms with Gasteiger partial charge in [-0.15, -0.1) is 0 Å². The summed E-state index contributed by atoms with van der Waals surface area (Å²) in [4.78, 5) is 27.3. The zero-order valence-corrected chi connectivity index (χ0v) is 41.3. The maximum Gasteiger partial charge on any atom is 0.373 e. The molecule has 0 saturated carbocycles. The van der Waals surface area contributed by atoms with Gasteiger partial charge in [-0.25, -0.2) is 4.79 Å². The molecule has 2 unspecified atom stereocenters. The number of carbonyl (C=O) groups is 1. The van der Waals surface area contributed by atoms with Gasteiger partial charge in [0.25, 0.3) is 0 Å². The average Bonchev–Trinajstić information content (AvgIpc) is 3.57. The first-order chi connectivity index (χ1) is 29.4. The Morgan fingerprint density at radius 2 is 0.906 bits per heavy atom. The van der Waals surface area contributed by atoms with E-state index < -0.39 is 11.6 Å². The molecule has 6 aromatic rings. The van der Waals surface area contributed by atoms with Crippen molar-refractivity contribution in [3.8, 4) is 0 Å². The standard InChI is InChI=1S/C20H24.C19H20O2.C10H14O.C7H7Br.CO2.H2O/c1-14-6-9-16(10-7-14)20(5)13-19(3,4)17-11-8-15(2)12-18(17)20;1-18(2)12-19(3,16-7-5-4-6-15(16)18)14-10-8-13(9-11-14)17(20)21;1-8-4-6-9(7-5-8)10(2,3)11;1-6-2-4-7(8)5-3-6;2-1-3;/h6-12H,13H2,1-5H3;4-11H,12H2,1-3H3,(H,20,21);4-7,11H,1-3H3;2-5H,1H3;;1H2. The summed E-state index contributed by atoms with van der Waals surface area (Å²) in [5, 5.41) is 18.6. The van der Waals surface area contributed by atoms with Gasteiger partial charge in [-0.3, -0.25) is 0 Å². The first-order valence-electron chi connectivity index (χ1n) is 21.5. The molecule has 0 aromatic heterocycles. The second kappa shape index (κ2) is 21.5. The number of carboxylic acid groups (broad SMARTS) is 1. The molecule has 8 rings (SSSR count). The fourth-order valence-corrected chi connectivity index (χ4v) is 9.58. The zero-order valence-electron chi connectivity index (χ0n) is 39.7. The summed E-state index contributed by atoms with van der Waals surface area (Å²) in [6.07, 6.45) is 2.47. The lowest BCUT2D eigenvalue weighted by molar-refractivity contribution is -0.191. The third kappa shape index (κ3) is 12.9. The van der Waals surface area contributed by atoms with Gasteiger partial charge in [0.1, 0.15) is 0 Å². The lowest BCUT2D eigenvalue weighted by Gasteiger charge is -2.28. The third-order valence-corrected chi connectivity index (χ3v) is 13.1. The molecule has 0 heterocycles. The largest absolute Gasteiger partial charge is 0.478 e. The highest BCUT2D eigenvalue weighted by atomic mass is 79.9. The molecule has 338 valence electrons. The molecule has 0 radical (unpaired) electrons. The maximum absolute atomic E-state index is 11.0. The van der Waals surface area contributed by atoms with Crippen molar-refractivity contribution in [3.63, 3.8) is 0 Å². The Bertz CT molecular complexity index is 2470. The molecular weight excluding hydrogens is 861 g/mol. The lowest BCUT2D eigenvalue weighted by atomic mass is 9.75. The Balaban J connectivity index is 0.000000234. The van der Waals surface area contributed by atoms with Crippen molar-refractivity contribution in [2.24, 2.45) is 0 Å². The molecule has 0 amide bonds. The molecule has 6 nitrogen and oxygen atoms in total. The molecule has 0 aliphatic heterocycles. The van der Waals surface area contributed by atoms with Crippen molar-refractivity contribution >= 4 is 28.1 Å². The number of carbonyl (C=O) groups excluding carboxylic acids is 2. The predicted molar refractivity (Wildman–Crippen MR) is 264 cm³/mol. The molecule has 0 bridgehead atoms. The maximum atomic E-state index is 11.0. The van der Waals surface area contributed by atoms with Crippen LogP contribution in [-0.2, 0) is 36.9 Å². The van der Waals surface area contributed by atoms with Gasteiger partial charge in [-0.1, -0.05) is 195 Å². The second-order valence-electron chi connectivity index (χ2n) is 19.4. The molecule has 0 fully saturated rings. The van der Waals surface area contributed by atoms with Crippen LogP contribution < -0.4 is 0 Å². The summed E-state index contributed by atoms with van der Waals surface area (Å²) >= 11 is 3.35. The highest BCUT2D eigenvalue weighted by Crippen LogP contribution is 2.54. The van der Waals surface area contributed by atoms with E-state index >= 15 is 0 Å². The quantitative estimate of drug-likeness (QED) is 0.182. The van der Waals surface area contributed by atoms with E-state index in [0.29, 0.717) is 5.56 Å². The van der Waals surface area contributed by atoms with E-state index in [4.69, 9.17) is 14.7 Å². The molecule has 64 heavy (non-hydrogen) atoms. The Morgan fingerprint density at radius 3 is 1.33 bits per heavy atom. The van der Waals surface area contributed by atoms with E-state index in [-0.39, 0.29) is 33.3 Å². The molecule has 2 aliphatic rings. The number of halogens is 1. The van der Waals surface area contributed by atoms with Gasteiger partial charge in [0, 0.05) is 15.3 Å². The summed E-state index contributed by atoms with van der Waals surface area (Å²) in [7, 11) is 0. The molecule has 0 spiro atoms. The lowest BCUT2D eigenvalue weighted by Crippen LogP contribution is -2.23. The van der Waals surface area contributed by atoms with Crippen molar-refractivity contribution in [2.75, 3.05) is 0 Å². The summed E-state index contributed by atoms with van der Waals surface area (Å²) in [5.74, 6) is -0.876. The van der Waals surface area contributed by atoms with Crippen LogP contribution in [0.15, 0.2) is 144 Å². The van der Waals surface area contributed by atoms with Gasteiger partial charge >= 0.3 is 12.1 Å². The van der Waals surface area contributed by atoms with E-state index in [1.807, 2.05) is 55.5 Å². The Labute approximate surface area is 390 Å². The Kier molecular flexibility index (Phi) is 17.8. The summed E-state index contributed by atoms with van der Waals surface area (Å²) in [6.45, 7) is 26.0. The normalized spacial score (nSPS) is 18.2. The van der Waals surface area contributed by atoms with E-state index in [0.717, 1.165) is 16.5 Å². The average molecular weight is 928 g/mol. The minimum Gasteiger partial charge on any atom is -0.478 e. The van der Waals surface area contributed by atoms with Gasteiger partial charge in [-0.2, -0.15) is 9.59 Å². The molecule has 2 aliphatic carbocycles. The summed E-state index contributed by atoms with van der Waals surface area (Å²) < 4.78 is 1.14. The number of aryl methyl sites for hydroxylation is 4. The van der Waals surface area contributed by atoms with Crippen LogP contribution in [0.1, 0.15) is 140 Å². The van der Waals surface area contributed by atoms with Gasteiger partial charge < -0.3 is 15.7 Å². The van der Waals surface area contributed by atoms with E-state index in [1.165, 1.54) is 62.1 Å². The molecular formula is C57H67BrO6. The number of rotatable bonds is 4. The minimum absolute atomic E-state index is 0. The molecule has 4 N–H and O–H groups in total. The first-order valence-corrected chi connectivity index (χ1v) is 22.3. The first kappa shape index (κ1) is 52.9. The Morgan fingerprint density at radius 1 is 0.547 bits per heavy atom. The van der Waals surface area contributed by atoms with Crippen molar-refractivity contribution in [1.82, 2.24) is 0 Å². The smallest absolute Gasteiger partial charge is 0.373 e. The second-order valence-corrected chi connectivity index (χ2v) is 20.3. The Hall–Kier alpha value is -5.43. The van der Waals surface area contributed by atoms with Crippen LogP contribution in [0.25, 0.3) is 0 Å². The van der Waals surface area contributed by atoms with Crippen molar-refractivity contribution in [1.29, 1.82) is 0 Å². The van der Waals surface area contributed by atoms with Gasteiger partial charge in [0.05, 0.1) is 11.2 Å². The molecule has 0 saturated heterocycles. The molecule has 6 aromatic carbocycles. The number of aromatic carboxylic acids is 1. The fraction of sp³-hybridized carbons (Fsp3) is 0.333. The summed E-state index contributed by atoms with van der Waals surface area (Å²) in [5.41, 5.74) is 14.7. The number of hydrogen-bond donors (Lipinski definition) is 2. The molecule has 7 heteroatoms. The third-order valence-electron chi connectivity index (χ3n) is 12.6. The number of hydrogen-bond acceptors (Lipinski definition) is 4. The van der Waals surface area contributed by atoms with E-state index in [9.17, 15) is 9.90 Å². The monoisotopic (exact) mass is 926 g/mol. The highest BCUT2D eigenvalue weighted by Gasteiger charge is 2.46. The van der Waals surface area contributed by atoms with Crippen molar-refractivity contribution in [2.45, 2.75) is 123 Å². The van der Waals surface area contributed by atoms with Crippen LogP contribution in [0.3, 0.4) is 0 Å². The minimum atomic E-state index is -0.876. The van der Waals surface area contributed by atoms with Crippen LogP contribution in [0, 0.1) is 27.7 Å². The summed E-state index contributed by atoms with van der Waals surface area (Å²) in [6, 6.07) is 48.1. The number of benzene rings is 6. The number of carboxylic acids is 1. The topological polar surface area (TPSA) is 123 Å². The van der Waals surface area contributed by atoms with Gasteiger partial charge in [0.15, 0.2) is 0 Å². The predicted octanol–water partition coefficient (Wildman–Crippen LogP) is 13.2. The fourth-order valence-electron chi connectivity index (χ4n) is 9.32. The zero-order chi connectivity index (χ0) is 47.0. The van der Waals surface area contributed by atoms with Crippen LogP contribution in [0.2, 0.25) is 0 Å². The highest BCUT2D eigenvalue weighted by molar-refractivity contribution is 9.10. The van der Waals surface area contributed by atoms with E-state index in [1.54, 1.807) is 26.0 Å². The van der Waals surface area contributed by atoms with Crippen LogP contribution in [0.4, 0.5) is 0 Å². The van der Waals surface area contributed by atoms with Crippen LogP contribution in [-0.4, -0.2) is 27.8 Å². The van der Waals surface area contributed by atoms with Gasteiger partial charge in [0.2, 0.25) is 0 Å². The number of aliphatic hydroxyl groups is 1. The van der Waals surface area contributed by atoms with Crippen molar-refractivity contribution < 1.29 is 30.1 Å². The molecule has 2 atom stereocenters. The van der Waals surface area contributed by atoms with E-state index in [2.05, 4.69) is 157 Å². The van der Waals surface area contributed by atoms with Gasteiger partial charge in [-0.05, 0) is 128 Å². The SMILES string of the molecule is CC1(C)CC(C)(c2ccc(C(=O)O)cc2)c2ccccc21.Cc1ccc(Br)cc1.Cc1ccc(C(C)(C)O)cc1.Cc1ccc(C2(C)CC(C)(C)c3ccc(C)cc32)cc1.O.O=C=O. The number of fused-ring (bicyclic) bond motifs is 2. The van der Waals surface area contributed by atoms with Crippen LogP contribution >= 0.6 is 15.9 Å².